The standard InChI is InChI=1S/C30H30ClN3O2/c1-20(2)28(30(36)34-15-13-23(14-16-34)22-9-11-27(31)12-10-22)33-29(35)26-8-4-7-25(18-26)24-6-3-5-21(17-24)19-32/h3-12,17-18,20,23,28H,13-16H2,1-2H3,(H,33,35)/t28-/m1/s1. The summed E-state index contributed by atoms with van der Waals surface area (Å²) in [6.07, 6.45) is 1.77. The summed E-state index contributed by atoms with van der Waals surface area (Å²) in [5.41, 5.74) is 4.00. The highest BCUT2D eigenvalue weighted by atomic mass is 35.5. The van der Waals surface area contributed by atoms with Gasteiger partial charge in [0.05, 0.1) is 11.6 Å². The summed E-state index contributed by atoms with van der Waals surface area (Å²) in [6.45, 7) is 5.23. The van der Waals surface area contributed by atoms with E-state index in [-0.39, 0.29) is 17.7 Å². The maximum atomic E-state index is 13.4. The Hall–Kier alpha value is -3.62. The van der Waals surface area contributed by atoms with Crippen LogP contribution in [0.25, 0.3) is 11.1 Å². The van der Waals surface area contributed by atoms with Crippen LogP contribution < -0.4 is 5.32 Å². The number of nitrogens with zero attached hydrogens (tertiary/aromatic N) is 2. The van der Waals surface area contributed by atoms with Gasteiger partial charge in [-0.3, -0.25) is 9.59 Å². The highest BCUT2D eigenvalue weighted by Gasteiger charge is 2.31. The first-order valence-electron chi connectivity index (χ1n) is 12.3. The van der Waals surface area contributed by atoms with E-state index in [2.05, 4.69) is 23.5 Å². The van der Waals surface area contributed by atoms with Gasteiger partial charge in [0.15, 0.2) is 0 Å². The van der Waals surface area contributed by atoms with Crippen LogP contribution in [0.1, 0.15) is 54.1 Å². The number of piperidine rings is 1. The Balaban J connectivity index is 1.43. The van der Waals surface area contributed by atoms with Crippen LogP contribution in [0, 0.1) is 17.2 Å². The average molecular weight is 500 g/mol. The first-order valence-corrected chi connectivity index (χ1v) is 12.7. The monoisotopic (exact) mass is 499 g/mol. The van der Waals surface area contributed by atoms with Crippen LogP contribution in [0.5, 0.6) is 0 Å². The van der Waals surface area contributed by atoms with Crippen molar-refractivity contribution >= 4 is 23.4 Å². The molecule has 184 valence electrons. The molecule has 2 amide bonds. The Labute approximate surface area is 217 Å². The van der Waals surface area contributed by atoms with Gasteiger partial charge in [0.1, 0.15) is 6.04 Å². The Morgan fingerprint density at radius 1 is 0.972 bits per heavy atom. The van der Waals surface area contributed by atoms with Crippen molar-refractivity contribution < 1.29 is 9.59 Å². The zero-order chi connectivity index (χ0) is 25.7. The fourth-order valence-electron chi connectivity index (χ4n) is 4.71. The molecule has 36 heavy (non-hydrogen) atoms. The van der Waals surface area contributed by atoms with Gasteiger partial charge in [-0.1, -0.05) is 61.8 Å². The van der Waals surface area contributed by atoms with Crippen molar-refractivity contribution in [2.45, 2.75) is 38.6 Å². The predicted octanol–water partition coefficient (Wildman–Crippen LogP) is 6.04. The van der Waals surface area contributed by atoms with Gasteiger partial charge in [-0.05, 0) is 77.8 Å². The van der Waals surface area contributed by atoms with Crippen LogP contribution in [-0.2, 0) is 4.79 Å². The molecule has 1 N–H and O–H groups in total. The van der Waals surface area contributed by atoms with Gasteiger partial charge in [0, 0.05) is 23.7 Å². The third kappa shape index (κ3) is 5.95. The molecule has 0 aliphatic carbocycles. The van der Waals surface area contributed by atoms with Crippen LogP contribution in [0.4, 0.5) is 0 Å². The summed E-state index contributed by atoms with van der Waals surface area (Å²) in [6, 6.07) is 24.0. The van der Waals surface area contributed by atoms with Crippen molar-refractivity contribution in [2.24, 2.45) is 5.92 Å². The van der Waals surface area contributed by atoms with E-state index in [1.54, 1.807) is 24.3 Å². The molecule has 0 unspecified atom stereocenters. The minimum absolute atomic E-state index is 0.0363. The van der Waals surface area contributed by atoms with E-state index in [9.17, 15) is 14.9 Å². The van der Waals surface area contributed by atoms with Gasteiger partial charge in [-0.2, -0.15) is 5.26 Å². The fraction of sp³-hybridized carbons (Fsp3) is 0.300. The van der Waals surface area contributed by atoms with Crippen LogP contribution >= 0.6 is 11.6 Å². The molecule has 5 nitrogen and oxygen atoms in total. The number of nitrogens with one attached hydrogen (secondary N) is 1. The molecule has 0 aromatic heterocycles. The first kappa shape index (κ1) is 25.5. The summed E-state index contributed by atoms with van der Waals surface area (Å²) in [7, 11) is 0. The van der Waals surface area contributed by atoms with Crippen molar-refractivity contribution in [3.63, 3.8) is 0 Å². The number of carbonyl (C=O) groups is 2. The smallest absolute Gasteiger partial charge is 0.251 e. The second-order valence-corrected chi connectivity index (χ2v) is 10.1. The average Bonchev–Trinajstić information content (AvgIpc) is 2.91. The van der Waals surface area contributed by atoms with Crippen molar-refractivity contribution in [3.8, 4) is 17.2 Å². The highest BCUT2D eigenvalue weighted by Crippen LogP contribution is 2.29. The normalized spacial score (nSPS) is 14.8. The fourth-order valence-corrected chi connectivity index (χ4v) is 4.84. The molecule has 1 aliphatic rings. The minimum Gasteiger partial charge on any atom is -0.341 e. The number of nitriles is 1. The molecule has 1 saturated heterocycles. The van der Waals surface area contributed by atoms with Gasteiger partial charge in [0.2, 0.25) is 5.91 Å². The lowest BCUT2D eigenvalue weighted by Crippen LogP contribution is -2.52. The number of carbonyl (C=O) groups excluding carboxylic acids is 2. The molecule has 0 saturated carbocycles. The molecule has 0 bridgehead atoms. The summed E-state index contributed by atoms with van der Waals surface area (Å²) in [5, 5.41) is 12.9. The Kier molecular flexibility index (Phi) is 8.07. The molecule has 0 radical (unpaired) electrons. The van der Waals surface area contributed by atoms with Crippen LogP contribution in [0.15, 0.2) is 72.8 Å². The van der Waals surface area contributed by atoms with Crippen LogP contribution in [0.2, 0.25) is 5.02 Å². The number of benzene rings is 3. The molecule has 1 aliphatic heterocycles. The van der Waals surface area contributed by atoms with Crippen LogP contribution in [0.3, 0.4) is 0 Å². The summed E-state index contributed by atoms with van der Waals surface area (Å²) >= 11 is 6.02. The zero-order valence-corrected chi connectivity index (χ0v) is 21.3. The van der Waals surface area contributed by atoms with Gasteiger partial charge in [-0.25, -0.2) is 0 Å². The summed E-state index contributed by atoms with van der Waals surface area (Å²) in [5.74, 6) is 0.0359. The Morgan fingerprint density at radius 3 is 2.25 bits per heavy atom. The highest BCUT2D eigenvalue weighted by molar-refractivity contribution is 6.30. The van der Waals surface area contributed by atoms with E-state index in [0.29, 0.717) is 30.1 Å². The number of rotatable bonds is 6. The third-order valence-electron chi connectivity index (χ3n) is 6.82. The van der Waals surface area contributed by atoms with Crippen LogP contribution in [-0.4, -0.2) is 35.8 Å². The molecular formula is C30H30ClN3O2. The largest absolute Gasteiger partial charge is 0.341 e. The second-order valence-electron chi connectivity index (χ2n) is 9.62. The van der Waals surface area contributed by atoms with E-state index < -0.39 is 6.04 Å². The molecule has 0 spiro atoms. The molecule has 6 heteroatoms. The van der Waals surface area contributed by atoms with E-state index in [1.165, 1.54) is 5.56 Å². The maximum absolute atomic E-state index is 13.4. The van der Waals surface area contributed by atoms with Crippen molar-refractivity contribution in [1.82, 2.24) is 10.2 Å². The lowest BCUT2D eigenvalue weighted by atomic mass is 9.89. The first-order chi connectivity index (χ1) is 17.4. The molecular weight excluding hydrogens is 470 g/mol. The topological polar surface area (TPSA) is 73.2 Å². The molecule has 1 atom stereocenters. The van der Waals surface area contributed by atoms with Crippen molar-refractivity contribution in [3.05, 3.63) is 94.5 Å². The second kappa shape index (κ2) is 11.4. The molecule has 1 heterocycles. The van der Waals surface area contributed by atoms with Crippen molar-refractivity contribution in [2.75, 3.05) is 13.1 Å². The number of amides is 2. The molecule has 4 rings (SSSR count). The maximum Gasteiger partial charge on any atom is 0.251 e. The Morgan fingerprint density at radius 2 is 1.61 bits per heavy atom. The van der Waals surface area contributed by atoms with E-state index in [0.717, 1.165) is 29.0 Å². The number of halogens is 1. The number of hydrogen-bond acceptors (Lipinski definition) is 3. The van der Waals surface area contributed by atoms with Gasteiger partial charge < -0.3 is 10.2 Å². The Bertz CT molecular complexity index is 1270. The van der Waals surface area contributed by atoms with E-state index in [1.807, 2.05) is 55.1 Å². The van der Waals surface area contributed by atoms with E-state index in [4.69, 9.17) is 11.6 Å². The van der Waals surface area contributed by atoms with Crippen molar-refractivity contribution in [1.29, 1.82) is 5.26 Å². The van der Waals surface area contributed by atoms with E-state index >= 15 is 0 Å². The lowest BCUT2D eigenvalue weighted by molar-refractivity contribution is -0.135. The van der Waals surface area contributed by atoms with Gasteiger partial charge in [-0.15, -0.1) is 0 Å². The number of likely N-dealkylation sites (tertiary alicyclic amines) is 1. The van der Waals surface area contributed by atoms with Gasteiger partial charge >= 0.3 is 0 Å². The zero-order valence-electron chi connectivity index (χ0n) is 20.6. The quantitative estimate of drug-likeness (QED) is 0.449. The SMILES string of the molecule is CC(C)[C@@H](NC(=O)c1cccc(-c2cccc(C#N)c2)c1)C(=O)N1CCC(c2ccc(Cl)cc2)CC1. The predicted molar refractivity (Wildman–Crippen MR) is 143 cm³/mol. The lowest BCUT2D eigenvalue weighted by Gasteiger charge is -2.35. The molecule has 3 aromatic carbocycles. The van der Waals surface area contributed by atoms with Gasteiger partial charge in [0.25, 0.3) is 5.91 Å². The summed E-state index contributed by atoms with van der Waals surface area (Å²) < 4.78 is 0. The summed E-state index contributed by atoms with van der Waals surface area (Å²) in [4.78, 5) is 28.5. The third-order valence-corrected chi connectivity index (χ3v) is 7.07. The number of hydrogen-bond donors (Lipinski definition) is 1. The minimum atomic E-state index is -0.602. The molecule has 1 fully saturated rings. The molecule has 3 aromatic rings.